The molecule has 2 aromatic rings. The molecule has 0 bridgehead atoms. The SMILES string of the molecule is C=CCN(Cc1cccc(OC)c1)S(=O)(=O)c1ccc(NC(C)=O)cc1. The highest BCUT2D eigenvalue weighted by molar-refractivity contribution is 7.89. The lowest BCUT2D eigenvalue weighted by molar-refractivity contribution is -0.114. The van der Waals surface area contributed by atoms with Gasteiger partial charge in [0.2, 0.25) is 15.9 Å². The number of ether oxygens (including phenoxy) is 1. The molecule has 0 radical (unpaired) electrons. The monoisotopic (exact) mass is 374 g/mol. The Kier molecular flexibility index (Phi) is 6.54. The van der Waals surface area contributed by atoms with Crippen LogP contribution in [-0.4, -0.2) is 32.3 Å². The molecule has 2 aromatic carbocycles. The Morgan fingerprint density at radius 1 is 1.23 bits per heavy atom. The Hall–Kier alpha value is -2.64. The molecule has 0 heterocycles. The van der Waals surface area contributed by atoms with E-state index in [9.17, 15) is 13.2 Å². The van der Waals surface area contributed by atoms with E-state index in [1.807, 2.05) is 12.1 Å². The highest BCUT2D eigenvalue weighted by atomic mass is 32.2. The van der Waals surface area contributed by atoms with Crippen LogP contribution in [0, 0.1) is 0 Å². The van der Waals surface area contributed by atoms with E-state index in [0.29, 0.717) is 11.4 Å². The molecular formula is C19H22N2O4S. The number of sulfonamides is 1. The van der Waals surface area contributed by atoms with E-state index in [-0.39, 0.29) is 23.9 Å². The maximum absolute atomic E-state index is 13.0. The van der Waals surface area contributed by atoms with Crippen molar-refractivity contribution in [1.29, 1.82) is 0 Å². The summed E-state index contributed by atoms with van der Waals surface area (Å²) < 4.78 is 32.5. The molecule has 0 aliphatic carbocycles. The molecule has 0 fully saturated rings. The third kappa shape index (κ3) is 4.93. The van der Waals surface area contributed by atoms with Crippen LogP contribution < -0.4 is 10.1 Å². The summed E-state index contributed by atoms with van der Waals surface area (Å²) in [6.45, 7) is 5.41. The maximum atomic E-state index is 13.0. The summed E-state index contributed by atoms with van der Waals surface area (Å²) in [5.41, 5.74) is 1.35. The predicted molar refractivity (Wildman–Crippen MR) is 102 cm³/mol. The first-order valence-corrected chi connectivity index (χ1v) is 9.42. The zero-order valence-electron chi connectivity index (χ0n) is 14.8. The first kappa shape index (κ1) is 19.7. The molecule has 0 saturated heterocycles. The Morgan fingerprint density at radius 3 is 2.50 bits per heavy atom. The molecule has 26 heavy (non-hydrogen) atoms. The quantitative estimate of drug-likeness (QED) is 0.721. The standard InChI is InChI=1S/C19H22N2O4S/c1-4-12-21(14-16-6-5-7-18(13-16)25-3)26(23,24)19-10-8-17(9-11-19)20-15(2)22/h4-11,13H,1,12,14H2,2-3H3,(H,20,22). The smallest absolute Gasteiger partial charge is 0.243 e. The lowest BCUT2D eigenvalue weighted by Crippen LogP contribution is -2.30. The van der Waals surface area contributed by atoms with E-state index in [2.05, 4.69) is 11.9 Å². The maximum Gasteiger partial charge on any atom is 0.243 e. The summed E-state index contributed by atoms with van der Waals surface area (Å²) in [6, 6.07) is 13.3. The van der Waals surface area contributed by atoms with Gasteiger partial charge in [0.1, 0.15) is 5.75 Å². The average Bonchev–Trinajstić information content (AvgIpc) is 2.61. The van der Waals surface area contributed by atoms with Crippen LogP contribution in [0.5, 0.6) is 5.75 Å². The number of hydrogen-bond acceptors (Lipinski definition) is 4. The van der Waals surface area contributed by atoms with Crippen molar-refractivity contribution < 1.29 is 17.9 Å². The van der Waals surface area contributed by atoms with Crippen LogP contribution in [0.3, 0.4) is 0 Å². The summed E-state index contributed by atoms with van der Waals surface area (Å²) in [4.78, 5) is 11.2. The Morgan fingerprint density at radius 2 is 1.92 bits per heavy atom. The van der Waals surface area contributed by atoms with E-state index in [4.69, 9.17) is 4.74 Å². The molecule has 0 aliphatic rings. The van der Waals surface area contributed by atoms with Crippen molar-refractivity contribution in [3.8, 4) is 5.75 Å². The number of anilines is 1. The molecule has 6 nitrogen and oxygen atoms in total. The summed E-state index contributed by atoms with van der Waals surface area (Å²) in [5, 5.41) is 2.61. The summed E-state index contributed by atoms with van der Waals surface area (Å²) >= 11 is 0. The number of nitrogens with one attached hydrogen (secondary N) is 1. The van der Waals surface area contributed by atoms with Gasteiger partial charge in [-0.1, -0.05) is 18.2 Å². The molecule has 0 spiro atoms. The normalized spacial score (nSPS) is 11.2. The second-order valence-electron chi connectivity index (χ2n) is 5.64. The number of amides is 1. The van der Waals surface area contributed by atoms with Gasteiger partial charge in [-0.2, -0.15) is 4.31 Å². The van der Waals surface area contributed by atoms with E-state index < -0.39 is 10.0 Å². The molecule has 0 aliphatic heterocycles. The summed E-state index contributed by atoms with van der Waals surface area (Å²) in [7, 11) is -2.15. The van der Waals surface area contributed by atoms with Gasteiger partial charge in [-0.25, -0.2) is 8.42 Å². The molecule has 1 amide bonds. The van der Waals surface area contributed by atoms with E-state index >= 15 is 0 Å². The highest BCUT2D eigenvalue weighted by Gasteiger charge is 2.23. The molecule has 1 N–H and O–H groups in total. The number of rotatable bonds is 8. The summed E-state index contributed by atoms with van der Waals surface area (Å²) in [5.74, 6) is 0.449. The molecule has 0 unspecified atom stereocenters. The molecule has 138 valence electrons. The van der Waals surface area contributed by atoms with E-state index in [1.165, 1.54) is 23.4 Å². The van der Waals surface area contributed by atoms with Crippen LogP contribution in [0.1, 0.15) is 12.5 Å². The van der Waals surface area contributed by atoms with Crippen LogP contribution >= 0.6 is 0 Å². The van der Waals surface area contributed by atoms with Gasteiger partial charge in [0.15, 0.2) is 0 Å². The van der Waals surface area contributed by atoms with Crippen molar-refractivity contribution in [2.75, 3.05) is 19.0 Å². The van der Waals surface area contributed by atoms with Gasteiger partial charge in [0.25, 0.3) is 0 Å². The Balaban J connectivity index is 2.28. The highest BCUT2D eigenvalue weighted by Crippen LogP contribution is 2.22. The van der Waals surface area contributed by atoms with Crippen molar-refractivity contribution in [1.82, 2.24) is 4.31 Å². The van der Waals surface area contributed by atoms with Crippen molar-refractivity contribution in [2.45, 2.75) is 18.4 Å². The van der Waals surface area contributed by atoms with Crippen LogP contribution in [0.2, 0.25) is 0 Å². The van der Waals surface area contributed by atoms with Crippen molar-refractivity contribution in [3.05, 3.63) is 66.7 Å². The second-order valence-corrected chi connectivity index (χ2v) is 7.58. The average molecular weight is 374 g/mol. The molecule has 2 rings (SSSR count). The van der Waals surface area contributed by atoms with Crippen LogP contribution in [0.4, 0.5) is 5.69 Å². The molecule has 7 heteroatoms. The third-order valence-electron chi connectivity index (χ3n) is 3.64. The summed E-state index contributed by atoms with van der Waals surface area (Å²) in [6.07, 6.45) is 1.55. The van der Waals surface area contributed by atoms with E-state index in [1.54, 1.807) is 37.5 Å². The zero-order chi connectivity index (χ0) is 19.2. The van der Waals surface area contributed by atoms with Crippen LogP contribution in [-0.2, 0) is 21.4 Å². The minimum Gasteiger partial charge on any atom is -0.497 e. The van der Waals surface area contributed by atoms with Crippen LogP contribution in [0.15, 0.2) is 66.1 Å². The molecule has 0 aromatic heterocycles. The zero-order valence-corrected chi connectivity index (χ0v) is 15.6. The number of methoxy groups -OCH3 is 1. The fourth-order valence-corrected chi connectivity index (χ4v) is 3.83. The Bertz CT molecular complexity index is 877. The fraction of sp³-hybridized carbons (Fsp3) is 0.211. The van der Waals surface area contributed by atoms with Gasteiger partial charge in [-0.3, -0.25) is 4.79 Å². The molecule has 0 atom stereocenters. The Labute approximate surface area is 154 Å². The second kappa shape index (κ2) is 8.64. The lowest BCUT2D eigenvalue weighted by Gasteiger charge is -2.21. The molecule has 0 saturated carbocycles. The van der Waals surface area contributed by atoms with Crippen molar-refractivity contribution in [2.24, 2.45) is 0 Å². The largest absolute Gasteiger partial charge is 0.497 e. The van der Waals surface area contributed by atoms with Gasteiger partial charge >= 0.3 is 0 Å². The number of nitrogens with zero attached hydrogens (tertiary/aromatic N) is 1. The van der Waals surface area contributed by atoms with Gasteiger partial charge in [0.05, 0.1) is 12.0 Å². The van der Waals surface area contributed by atoms with Gasteiger partial charge in [-0.05, 0) is 42.0 Å². The fourth-order valence-electron chi connectivity index (χ4n) is 2.43. The number of carbonyl (C=O) groups excluding carboxylic acids is 1. The predicted octanol–water partition coefficient (Wildman–Crippen LogP) is 3.03. The number of hydrogen-bond donors (Lipinski definition) is 1. The van der Waals surface area contributed by atoms with Crippen LogP contribution in [0.25, 0.3) is 0 Å². The lowest BCUT2D eigenvalue weighted by atomic mass is 10.2. The minimum absolute atomic E-state index is 0.149. The molecular weight excluding hydrogens is 352 g/mol. The van der Waals surface area contributed by atoms with Crippen molar-refractivity contribution >= 4 is 21.6 Å². The number of carbonyl (C=O) groups is 1. The van der Waals surface area contributed by atoms with Gasteiger partial charge in [-0.15, -0.1) is 6.58 Å². The third-order valence-corrected chi connectivity index (χ3v) is 5.46. The first-order valence-electron chi connectivity index (χ1n) is 7.98. The number of benzene rings is 2. The van der Waals surface area contributed by atoms with E-state index in [0.717, 1.165) is 5.56 Å². The van der Waals surface area contributed by atoms with Gasteiger partial charge < -0.3 is 10.1 Å². The minimum atomic E-state index is -3.72. The van der Waals surface area contributed by atoms with Crippen molar-refractivity contribution in [3.63, 3.8) is 0 Å². The first-order chi connectivity index (χ1) is 12.4. The van der Waals surface area contributed by atoms with Gasteiger partial charge in [0, 0.05) is 25.7 Å². The topological polar surface area (TPSA) is 75.7 Å².